The van der Waals surface area contributed by atoms with Crippen molar-refractivity contribution in [2.75, 3.05) is 13.2 Å². The lowest BCUT2D eigenvalue weighted by atomic mass is 10.2. The number of hydrogen-bond donors (Lipinski definition) is 1. The second-order valence-corrected chi connectivity index (χ2v) is 5.13. The summed E-state index contributed by atoms with van der Waals surface area (Å²) in [5.41, 5.74) is 3.83. The Bertz CT molecular complexity index is 744. The van der Waals surface area contributed by atoms with Crippen molar-refractivity contribution in [3.8, 4) is 23.8 Å². The summed E-state index contributed by atoms with van der Waals surface area (Å²) in [4.78, 5) is 12.0. The van der Waals surface area contributed by atoms with Crippen LogP contribution < -0.4 is 14.9 Å². The van der Waals surface area contributed by atoms with E-state index in [0.717, 1.165) is 17.7 Å². The van der Waals surface area contributed by atoms with Crippen LogP contribution in [0.15, 0.2) is 53.6 Å². The molecule has 0 aliphatic heterocycles. The first-order valence-corrected chi connectivity index (χ1v) is 7.95. The highest BCUT2D eigenvalue weighted by Gasteiger charge is 2.04. The SMILES string of the molecule is C#CCOc1ccc(/C=N\NC(=O)c2ccc(OCCC)cc2)cc1. The first-order valence-electron chi connectivity index (χ1n) is 7.95. The fourth-order valence-electron chi connectivity index (χ4n) is 1.93. The molecule has 2 aromatic carbocycles. The number of hydrogen-bond acceptors (Lipinski definition) is 4. The zero-order valence-electron chi connectivity index (χ0n) is 14.1. The van der Waals surface area contributed by atoms with Gasteiger partial charge in [-0.2, -0.15) is 5.10 Å². The third-order valence-electron chi connectivity index (χ3n) is 3.17. The quantitative estimate of drug-likeness (QED) is 0.457. The molecule has 0 aromatic heterocycles. The van der Waals surface area contributed by atoms with Crippen LogP contribution >= 0.6 is 0 Å². The van der Waals surface area contributed by atoms with Gasteiger partial charge >= 0.3 is 0 Å². The molecule has 128 valence electrons. The standard InChI is InChI=1S/C20H20N2O3/c1-3-13-24-18-9-5-16(6-10-18)15-21-22-20(23)17-7-11-19(12-8-17)25-14-4-2/h1,5-12,15H,4,13-14H2,2H3,(H,22,23)/b21-15-. The number of carbonyl (C=O) groups excluding carboxylic acids is 1. The van der Waals surface area contributed by atoms with Crippen molar-refractivity contribution in [1.82, 2.24) is 5.43 Å². The highest BCUT2D eigenvalue weighted by Crippen LogP contribution is 2.13. The Kier molecular flexibility index (Phi) is 7.08. The van der Waals surface area contributed by atoms with E-state index in [1.165, 1.54) is 0 Å². The van der Waals surface area contributed by atoms with Gasteiger partial charge in [-0.05, 0) is 60.5 Å². The molecule has 0 aliphatic carbocycles. The second kappa shape index (κ2) is 9.78. The van der Waals surface area contributed by atoms with Gasteiger partial charge in [0.2, 0.25) is 0 Å². The number of rotatable bonds is 8. The topological polar surface area (TPSA) is 59.9 Å². The van der Waals surface area contributed by atoms with Crippen LogP contribution in [0.4, 0.5) is 0 Å². The molecule has 0 bridgehead atoms. The van der Waals surface area contributed by atoms with E-state index in [1.807, 2.05) is 19.1 Å². The lowest BCUT2D eigenvalue weighted by Crippen LogP contribution is -2.17. The summed E-state index contributed by atoms with van der Waals surface area (Å²) in [6.07, 6.45) is 7.63. The van der Waals surface area contributed by atoms with E-state index in [2.05, 4.69) is 16.4 Å². The van der Waals surface area contributed by atoms with Gasteiger partial charge in [-0.25, -0.2) is 5.43 Å². The van der Waals surface area contributed by atoms with Gasteiger partial charge in [-0.15, -0.1) is 6.42 Å². The predicted molar refractivity (Wildman–Crippen MR) is 98.1 cm³/mol. The number of nitrogens with zero attached hydrogens (tertiary/aromatic N) is 1. The Morgan fingerprint density at radius 3 is 2.40 bits per heavy atom. The van der Waals surface area contributed by atoms with Crippen molar-refractivity contribution in [1.29, 1.82) is 0 Å². The summed E-state index contributed by atoms with van der Waals surface area (Å²) in [5.74, 6) is 3.55. The molecule has 0 saturated carbocycles. The van der Waals surface area contributed by atoms with Gasteiger partial charge in [0.25, 0.3) is 5.91 Å². The van der Waals surface area contributed by atoms with Crippen LogP contribution in [-0.4, -0.2) is 25.3 Å². The van der Waals surface area contributed by atoms with E-state index in [-0.39, 0.29) is 12.5 Å². The number of ether oxygens (including phenoxy) is 2. The largest absolute Gasteiger partial charge is 0.494 e. The summed E-state index contributed by atoms with van der Waals surface area (Å²) < 4.78 is 10.8. The predicted octanol–water partition coefficient (Wildman–Crippen LogP) is 3.25. The van der Waals surface area contributed by atoms with E-state index < -0.39 is 0 Å². The molecular weight excluding hydrogens is 316 g/mol. The van der Waals surface area contributed by atoms with E-state index in [0.29, 0.717) is 17.9 Å². The molecule has 5 heteroatoms. The Morgan fingerprint density at radius 2 is 1.76 bits per heavy atom. The highest BCUT2D eigenvalue weighted by atomic mass is 16.5. The molecule has 1 N–H and O–H groups in total. The highest BCUT2D eigenvalue weighted by molar-refractivity contribution is 5.95. The first-order chi connectivity index (χ1) is 12.2. The summed E-state index contributed by atoms with van der Waals surface area (Å²) in [6, 6.07) is 14.2. The fourth-order valence-corrected chi connectivity index (χ4v) is 1.93. The molecule has 25 heavy (non-hydrogen) atoms. The van der Waals surface area contributed by atoms with Gasteiger partial charge in [-0.3, -0.25) is 4.79 Å². The monoisotopic (exact) mass is 336 g/mol. The average molecular weight is 336 g/mol. The van der Waals surface area contributed by atoms with Crippen molar-refractivity contribution in [3.63, 3.8) is 0 Å². The molecule has 0 spiro atoms. The van der Waals surface area contributed by atoms with Crippen LogP contribution in [0.25, 0.3) is 0 Å². The van der Waals surface area contributed by atoms with Crippen LogP contribution in [0.5, 0.6) is 11.5 Å². The molecule has 5 nitrogen and oxygen atoms in total. The van der Waals surface area contributed by atoms with Crippen LogP contribution in [0, 0.1) is 12.3 Å². The Labute approximate surface area is 147 Å². The van der Waals surface area contributed by atoms with Gasteiger partial charge in [0.1, 0.15) is 18.1 Å². The van der Waals surface area contributed by atoms with Crippen molar-refractivity contribution in [3.05, 3.63) is 59.7 Å². The second-order valence-electron chi connectivity index (χ2n) is 5.13. The molecule has 0 unspecified atom stereocenters. The molecule has 1 amide bonds. The lowest BCUT2D eigenvalue weighted by molar-refractivity contribution is 0.0955. The Hall–Kier alpha value is -3.26. The molecule has 0 radical (unpaired) electrons. The summed E-state index contributed by atoms with van der Waals surface area (Å²) >= 11 is 0. The van der Waals surface area contributed by atoms with E-state index in [4.69, 9.17) is 15.9 Å². The molecule has 0 fully saturated rings. The van der Waals surface area contributed by atoms with Gasteiger partial charge in [0.05, 0.1) is 12.8 Å². The lowest BCUT2D eigenvalue weighted by Gasteiger charge is -2.05. The molecule has 2 aromatic rings. The van der Waals surface area contributed by atoms with Gasteiger partial charge in [-0.1, -0.05) is 12.8 Å². The van der Waals surface area contributed by atoms with Gasteiger partial charge in [0, 0.05) is 5.56 Å². The summed E-state index contributed by atoms with van der Waals surface area (Å²) in [6.45, 7) is 2.92. The number of nitrogens with one attached hydrogen (secondary N) is 1. The minimum atomic E-state index is -0.285. The average Bonchev–Trinajstić information content (AvgIpc) is 2.66. The van der Waals surface area contributed by atoms with Crippen LogP contribution in [0.3, 0.4) is 0 Å². The maximum Gasteiger partial charge on any atom is 0.271 e. The van der Waals surface area contributed by atoms with Crippen molar-refractivity contribution in [2.45, 2.75) is 13.3 Å². The number of terminal acetylenes is 1. The minimum Gasteiger partial charge on any atom is -0.494 e. The van der Waals surface area contributed by atoms with E-state index >= 15 is 0 Å². The van der Waals surface area contributed by atoms with Gasteiger partial charge in [0.15, 0.2) is 0 Å². The smallest absolute Gasteiger partial charge is 0.271 e. The molecule has 0 saturated heterocycles. The number of benzene rings is 2. The van der Waals surface area contributed by atoms with Crippen molar-refractivity contribution in [2.24, 2.45) is 5.10 Å². The van der Waals surface area contributed by atoms with Gasteiger partial charge < -0.3 is 9.47 Å². The molecule has 2 rings (SSSR count). The van der Waals surface area contributed by atoms with E-state index in [1.54, 1.807) is 42.6 Å². The minimum absolute atomic E-state index is 0.228. The Morgan fingerprint density at radius 1 is 1.12 bits per heavy atom. The maximum atomic E-state index is 12.0. The van der Waals surface area contributed by atoms with Crippen LogP contribution in [-0.2, 0) is 0 Å². The third-order valence-corrected chi connectivity index (χ3v) is 3.17. The Balaban J connectivity index is 1.86. The van der Waals surface area contributed by atoms with Crippen LogP contribution in [0.1, 0.15) is 29.3 Å². The first kappa shape index (κ1) is 18.1. The fraction of sp³-hybridized carbons (Fsp3) is 0.200. The number of carbonyl (C=O) groups is 1. The normalized spacial score (nSPS) is 10.2. The third kappa shape index (κ3) is 6.04. The molecule has 0 aliphatic rings. The van der Waals surface area contributed by atoms with Crippen LogP contribution in [0.2, 0.25) is 0 Å². The number of hydrazone groups is 1. The number of amides is 1. The van der Waals surface area contributed by atoms with E-state index in [9.17, 15) is 4.79 Å². The van der Waals surface area contributed by atoms with Crippen molar-refractivity contribution >= 4 is 12.1 Å². The summed E-state index contributed by atoms with van der Waals surface area (Å²) in [5, 5.41) is 3.95. The maximum absolute atomic E-state index is 12.0. The molecule has 0 atom stereocenters. The molecular formula is C20H20N2O3. The zero-order valence-corrected chi connectivity index (χ0v) is 14.1. The van der Waals surface area contributed by atoms with Crippen molar-refractivity contribution < 1.29 is 14.3 Å². The molecule has 0 heterocycles. The zero-order chi connectivity index (χ0) is 17.9. The summed E-state index contributed by atoms with van der Waals surface area (Å²) in [7, 11) is 0.